The number of hydrogen-bond acceptors (Lipinski definition) is 6. The van der Waals surface area contributed by atoms with Crippen LogP contribution in [0.4, 0.5) is 5.95 Å². The van der Waals surface area contributed by atoms with Crippen molar-refractivity contribution in [1.29, 1.82) is 0 Å². The first-order valence-corrected chi connectivity index (χ1v) is 5.76. The highest BCUT2D eigenvalue weighted by molar-refractivity contribution is 5.85. The highest BCUT2D eigenvalue weighted by atomic mass is 35.5. The molecule has 1 fully saturated rings. The third kappa shape index (κ3) is 5.26. The van der Waals surface area contributed by atoms with Crippen molar-refractivity contribution in [3.8, 4) is 11.8 Å². The van der Waals surface area contributed by atoms with Gasteiger partial charge in [-0.3, -0.25) is 0 Å². The average Bonchev–Trinajstić information content (AvgIpc) is 2.39. The molecule has 110 valence electrons. The van der Waals surface area contributed by atoms with Gasteiger partial charge in [0.2, 0.25) is 17.7 Å². The molecule has 0 radical (unpaired) electrons. The summed E-state index contributed by atoms with van der Waals surface area (Å²) in [5, 5.41) is 6.62. The molecule has 1 aliphatic heterocycles. The summed E-state index contributed by atoms with van der Waals surface area (Å²) >= 11 is 0. The quantitative estimate of drug-likeness (QED) is 0.878. The predicted octanol–water partition coefficient (Wildman–Crippen LogP) is 1.50. The van der Waals surface area contributed by atoms with Crippen molar-refractivity contribution in [2.45, 2.75) is 18.9 Å². The van der Waals surface area contributed by atoms with Crippen LogP contribution in [0.1, 0.15) is 12.8 Å². The number of halogens is 2. The minimum atomic E-state index is 0. The number of nitrogens with one attached hydrogen (secondary N) is 2. The maximum Gasteiger partial charge on any atom is 0.229 e. The zero-order valence-corrected chi connectivity index (χ0v) is 12.6. The molecule has 0 aliphatic carbocycles. The Labute approximate surface area is 125 Å². The van der Waals surface area contributed by atoms with Crippen LogP contribution < -0.4 is 20.1 Å². The number of methoxy groups -OCH3 is 2. The van der Waals surface area contributed by atoms with Gasteiger partial charge in [-0.1, -0.05) is 0 Å². The van der Waals surface area contributed by atoms with Gasteiger partial charge in [0.25, 0.3) is 0 Å². The van der Waals surface area contributed by atoms with Gasteiger partial charge in [-0.05, 0) is 25.9 Å². The van der Waals surface area contributed by atoms with Crippen LogP contribution in [-0.4, -0.2) is 43.3 Å². The van der Waals surface area contributed by atoms with Gasteiger partial charge in [-0.2, -0.15) is 9.97 Å². The molecule has 1 saturated heterocycles. The molecule has 8 heteroatoms. The van der Waals surface area contributed by atoms with Crippen molar-refractivity contribution in [3.63, 3.8) is 0 Å². The summed E-state index contributed by atoms with van der Waals surface area (Å²) in [6.45, 7) is 2.05. The number of aromatic nitrogens is 2. The lowest BCUT2D eigenvalue weighted by atomic mass is 10.1. The molecule has 1 aromatic rings. The Balaban J connectivity index is 0.00000162. The second-order valence-corrected chi connectivity index (χ2v) is 3.94. The molecule has 0 amide bonds. The lowest BCUT2D eigenvalue weighted by molar-refractivity contribution is 0.372. The number of piperidine rings is 1. The van der Waals surface area contributed by atoms with Crippen molar-refractivity contribution >= 4 is 30.8 Å². The van der Waals surface area contributed by atoms with Crippen LogP contribution in [0.3, 0.4) is 0 Å². The monoisotopic (exact) mass is 310 g/mol. The van der Waals surface area contributed by atoms with E-state index in [1.165, 1.54) is 0 Å². The van der Waals surface area contributed by atoms with E-state index in [2.05, 4.69) is 20.6 Å². The first-order chi connectivity index (χ1) is 8.31. The van der Waals surface area contributed by atoms with Crippen LogP contribution in [0, 0.1) is 0 Å². The Bertz CT molecular complexity index is 353. The Hall–Kier alpha value is -0.980. The van der Waals surface area contributed by atoms with E-state index < -0.39 is 0 Å². The Morgan fingerprint density at radius 3 is 2.11 bits per heavy atom. The first-order valence-electron chi connectivity index (χ1n) is 5.76. The van der Waals surface area contributed by atoms with Crippen LogP contribution in [0.5, 0.6) is 11.8 Å². The number of hydrogen-bond donors (Lipinski definition) is 2. The van der Waals surface area contributed by atoms with Crippen molar-refractivity contribution in [2.75, 3.05) is 32.6 Å². The van der Waals surface area contributed by atoms with Gasteiger partial charge >= 0.3 is 0 Å². The fraction of sp³-hybridized carbons (Fsp3) is 0.636. The molecule has 0 saturated carbocycles. The molecule has 0 spiro atoms. The van der Waals surface area contributed by atoms with Gasteiger partial charge in [0, 0.05) is 6.04 Å². The van der Waals surface area contributed by atoms with Gasteiger partial charge in [-0.15, -0.1) is 24.8 Å². The Kier molecular flexibility index (Phi) is 8.54. The van der Waals surface area contributed by atoms with E-state index in [1.54, 1.807) is 20.3 Å². The molecule has 2 N–H and O–H groups in total. The molecular weight excluding hydrogens is 291 g/mol. The van der Waals surface area contributed by atoms with E-state index in [0.717, 1.165) is 25.9 Å². The summed E-state index contributed by atoms with van der Waals surface area (Å²) in [6, 6.07) is 2.07. The first kappa shape index (κ1) is 18.0. The molecular formula is C11H20Cl2N4O2. The third-order valence-electron chi connectivity index (χ3n) is 2.77. The molecule has 6 nitrogen and oxygen atoms in total. The summed E-state index contributed by atoms with van der Waals surface area (Å²) in [5.74, 6) is 1.58. The van der Waals surface area contributed by atoms with Crippen LogP contribution in [0.2, 0.25) is 0 Å². The zero-order chi connectivity index (χ0) is 12.1. The van der Waals surface area contributed by atoms with Gasteiger partial charge in [0.1, 0.15) is 0 Å². The molecule has 0 unspecified atom stereocenters. The predicted molar refractivity (Wildman–Crippen MR) is 79.1 cm³/mol. The second kappa shape index (κ2) is 9.01. The second-order valence-electron chi connectivity index (χ2n) is 3.94. The summed E-state index contributed by atoms with van der Waals surface area (Å²) in [7, 11) is 3.16. The average molecular weight is 311 g/mol. The van der Waals surface area contributed by atoms with Crippen LogP contribution in [0.15, 0.2) is 6.07 Å². The standard InChI is InChI=1S/C11H18N4O2.2ClH/c1-16-9-7-10(17-2)15-11(14-9)13-8-3-5-12-6-4-8;;/h7-8,12H,3-6H2,1-2H3,(H,13,14,15);2*1H. The number of ether oxygens (including phenoxy) is 2. The fourth-order valence-electron chi connectivity index (χ4n) is 1.83. The highest BCUT2D eigenvalue weighted by Gasteiger charge is 2.14. The van der Waals surface area contributed by atoms with Crippen molar-refractivity contribution < 1.29 is 9.47 Å². The van der Waals surface area contributed by atoms with Gasteiger partial charge in [-0.25, -0.2) is 0 Å². The van der Waals surface area contributed by atoms with Gasteiger partial charge in [0.05, 0.1) is 20.3 Å². The fourth-order valence-corrected chi connectivity index (χ4v) is 1.83. The van der Waals surface area contributed by atoms with E-state index in [-0.39, 0.29) is 24.8 Å². The lowest BCUT2D eigenvalue weighted by Crippen LogP contribution is -2.35. The normalized spacial score (nSPS) is 14.8. The summed E-state index contributed by atoms with van der Waals surface area (Å²) < 4.78 is 10.2. The molecule has 19 heavy (non-hydrogen) atoms. The Morgan fingerprint density at radius 1 is 1.11 bits per heavy atom. The topological polar surface area (TPSA) is 68.3 Å². The van der Waals surface area contributed by atoms with E-state index in [1.807, 2.05) is 0 Å². The molecule has 2 heterocycles. The van der Waals surface area contributed by atoms with Crippen molar-refractivity contribution in [3.05, 3.63) is 6.07 Å². The smallest absolute Gasteiger partial charge is 0.229 e. The van der Waals surface area contributed by atoms with Gasteiger partial charge in [0.15, 0.2) is 0 Å². The SMILES string of the molecule is COc1cc(OC)nc(NC2CCNCC2)n1.Cl.Cl. The minimum absolute atomic E-state index is 0. The number of anilines is 1. The molecule has 2 rings (SSSR count). The summed E-state index contributed by atoms with van der Waals surface area (Å²) in [5.41, 5.74) is 0. The molecule has 0 atom stereocenters. The lowest BCUT2D eigenvalue weighted by Gasteiger charge is -2.23. The van der Waals surface area contributed by atoms with Gasteiger partial charge < -0.3 is 20.1 Å². The van der Waals surface area contributed by atoms with Crippen molar-refractivity contribution in [1.82, 2.24) is 15.3 Å². The number of rotatable bonds is 4. The highest BCUT2D eigenvalue weighted by Crippen LogP contribution is 2.19. The van der Waals surface area contributed by atoms with Crippen LogP contribution in [-0.2, 0) is 0 Å². The molecule has 0 bridgehead atoms. The molecule has 0 aromatic carbocycles. The van der Waals surface area contributed by atoms with E-state index >= 15 is 0 Å². The van der Waals surface area contributed by atoms with Crippen LogP contribution in [0.25, 0.3) is 0 Å². The van der Waals surface area contributed by atoms with Crippen LogP contribution >= 0.6 is 24.8 Å². The van der Waals surface area contributed by atoms with E-state index in [9.17, 15) is 0 Å². The maximum atomic E-state index is 5.10. The number of nitrogens with zero attached hydrogens (tertiary/aromatic N) is 2. The van der Waals surface area contributed by atoms with Crippen molar-refractivity contribution in [2.24, 2.45) is 0 Å². The minimum Gasteiger partial charge on any atom is -0.481 e. The Morgan fingerprint density at radius 2 is 1.63 bits per heavy atom. The van der Waals surface area contributed by atoms with E-state index in [0.29, 0.717) is 23.8 Å². The molecule has 1 aromatic heterocycles. The summed E-state index contributed by atoms with van der Waals surface area (Å²) in [6.07, 6.45) is 2.14. The third-order valence-corrected chi connectivity index (χ3v) is 2.77. The maximum absolute atomic E-state index is 5.10. The summed E-state index contributed by atoms with van der Waals surface area (Å²) in [4.78, 5) is 8.50. The largest absolute Gasteiger partial charge is 0.481 e. The van der Waals surface area contributed by atoms with E-state index in [4.69, 9.17) is 9.47 Å². The zero-order valence-electron chi connectivity index (χ0n) is 11.0. The molecule has 1 aliphatic rings.